The number of aliphatic carboxylic acids is 1. The van der Waals surface area contributed by atoms with Gasteiger partial charge in [0.05, 0.1) is 21.9 Å². The van der Waals surface area contributed by atoms with Gasteiger partial charge in [0.15, 0.2) is 5.60 Å². The van der Waals surface area contributed by atoms with Crippen LogP contribution in [0.25, 0.3) is 0 Å². The molecule has 0 aromatic heterocycles. The van der Waals surface area contributed by atoms with E-state index in [1.807, 2.05) is 0 Å². The number of fused-ring (bicyclic) bond motifs is 6. The Hall–Kier alpha value is -3.16. The smallest absolute Gasteiger partial charge is 0.316 e. The van der Waals surface area contributed by atoms with Gasteiger partial charge in [-0.2, -0.15) is 0 Å². The van der Waals surface area contributed by atoms with Crippen molar-refractivity contribution >= 4 is 35.1 Å². The molecule has 2 aromatic carbocycles. The van der Waals surface area contributed by atoms with Crippen LogP contribution in [0.15, 0.2) is 48.1 Å². The normalized spacial score (nSPS) is 22.5. The minimum atomic E-state index is -1.59. The first-order valence-corrected chi connectivity index (χ1v) is 9.58. The fraction of sp³-hybridized carbons (Fsp3) is 0.143. The number of phenols is 2. The number of halogens is 2. The second-order valence-electron chi connectivity index (χ2n) is 7.15. The van der Waals surface area contributed by atoms with Crippen LogP contribution in [-0.2, 0) is 19.9 Å². The summed E-state index contributed by atoms with van der Waals surface area (Å²) >= 11 is 12.3. The Kier molecular flexibility index (Phi) is 3.87. The zero-order valence-corrected chi connectivity index (χ0v) is 16.4. The van der Waals surface area contributed by atoms with Gasteiger partial charge in [-0.15, -0.1) is 0 Å². The molecule has 2 heterocycles. The molecule has 0 saturated carbocycles. The highest BCUT2D eigenvalue weighted by atomic mass is 35.5. The molecule has 0 amide bonds. The van der Waals surface area contributed by atoms with Gasteiger partial charge in [-0.1, -0.05) is 41.4 Å². The molecule has 2 aromatic rings. The molecule has 2 unspecified atom stereocenters. The Bertz CT molecular complexity index is 1160. The number of benzene rings is 2. The topological polar surface area (TPSA) is 113 Å². The molecule has 1 spiro atoms. The average molecular weight is 447 g/mol. The zero-order chi connectivity index (χ0) is 21.4. The third kappa shape index (κ3) is 2.33. The van der Waals surface area contributed by atoms with Gasteiger partial charge in [0.25, 0.3) is 0 Å². The molecule has 3 N–H and O–H groups in total. The number of hydrogen-bond acceptors (Lipinski definition) is 6. The molecule has 3 aliphatic rings. The molecule has 0 bridgehead atoms. The van der Waals surface area contributed by atoms with Crippen molar-refractivity contribution in [3.63, 3.8) is 0 Å². The second kappa shape index (κ2) is 6.17. The van der Waals surface area contributed by atoms with E-state index in [0.29, 0.717) is 16.7 Å². The van der Waals surface area contributed by atoms with E-state index in [-0.39, 0.29) is 33.0 Å². The average Bonchev–Trinajstić information content (AvgIpc) is 2.99. The predicted octanol–water partition coefficient (Wildman–Crippen LogP) is 4.12. The molecule has 9 heteroatoms. The summed E-state index contributed by atoms with van der Waals surface area (Å²) in [4.78, 5) is 24.7. The summed E-state index contributed by atoms with van der Waals surface area (Å²) in [7, 11) is 0. The monoisotopic (exact) mass is 446 g/mol. The molecule has 0 radical (unpaired) electrons. The van der Waals surface area contributed by atoms with E-state index in [0.717, 1.165) is 0 Å². The lowest BCUT2D eigenvalue weighted by molar-refractivity contribution is -0.153. The fourth-order valence-electron chi connectivity index (χ4n) is 4.28. The van der Waals surface area contributed by atoms with Gasteiger partial charge < -0.3 is 24.8 Å². The Balaban J connectivity index is 1.86. The number of rotatable bonds is 1. The lowest BCUT2D eigenvalue weighted by Crippen LogP contribution is -2.34. The lowest BCUT2D eigenvalue weighted by Gasteiger charge is -2.38. The number of phenolic OH excluding ortho intramolecular Hbond substituents is 2. The molecule has 1 aliphatic carbocycles. The summed E-state index contributed by atoms with van der Waals surface area (Å²) < 4.78 is 11.7. The summed E-state index contributed by atoms with van der Waals surface area (Å²) in [6.45, 7) is 0. The van der Waals surface area contributed by atoms with Crippen LogP contribution >= 0.6 is 23.2 Å². The number of carboxylic acids is 1. The van der Waals surface area contributed by atoms with E-state index < -0.39 is 29.4 Å². The highest BCUT2D eigenvalue weighted by molar-refractivity contribution is 6.32. The molecular formula is C21H12Cl2O7. The fourth-order valence-corrected chi connectivity index (χ4v) is 4.61. The van der Waals surface area contributed by atoms with Gasteiger partial charge >= 0.3 is 11.9 Å². The van der Waals surface area contributed by atoms with Crippen LogP contribution < -0.4 is 4.74 Å². The number of esters is 1. The molecule has 1 saturated heterocycles. The number of allylic oxidation sites excluding steroid dienone is 2. The highest BCUT2D eigenvalue weighted by Gasteiger charge is 2.60. The largest absolute Gasteiger partial charge is 0.506 e. The van der Waals surface area contributed by atoms with Crippen LogP contribution in [0.2, 0.25) is 10.0 Å². The van der Waals surface area contributed by atoms with Crippen LogP contribution in [0.5, 0.6) is 23.0 Å². The summed E-state index contributed by atoms with van der Waals surface area (Å²) in [6, 6.07) is 5.34. The van der Waals surface area contributed by atoms with Gasteiger partial charge in [-0.25, -0.2) is 0 Å². The van der Waals surface area contributed by atoms with Gasteiger partial charge in [0, 0.05) is 23.3 Å². The maximum absolute atomic E-state index is 13.0. The third-order valence-electron chi connectivity index (χ3n) is 5.56. The van der Waals surface area contributed by atoms with E-state index >= 15 is 0 Å². The molecule has 2 atom stereocenters. The van der Waals surface area contributed by atoms with Crippen LogP contribution in [0.3, 0.4) is 0 Å². The number of ether oxygens (including phenoxy) is 2. The molecule has 5 rings (SSSR count). The molecule has 30 heavy (non-hydrogen) atoms. The van der Waals surface area contributed by atoms with Gasteiger partial charge in [-0.05, 0) is 17.7 Å². The minimum Gasteiger partial charge on any atom is -0.506 e. The first-order chi connectivity index (χ1) is 14.2. The molecule has 152 valence electrons. The maximum Gasteiger partial charge on any atom is 0.316 e. The van der Waals surface area contributed by atoms with Crippen LogP contribution in [0.1, 0.15) is 11.1 Å². The Morgan fingerprint density at radius 3 is 2.10 bits per heavy atom. The van der Waals surface area contributed by atoms with Crippen molar-refractivity contribution in [2.24, 2.45) is 11.8 Å². The Morgan fingerprint density at radius 2 is 1.57 bits per heavy atom. The standard InChI is InChI=1S/C21H12Cl2O7/c22-12-4-10-16(6-14(12)24)29-17-7-15(25)13(23)5-11(17)21(10)9-3-1-2-8(19(26)27)18(9)20(28)30-21/h1-8,18,24-25H,(H,26,27). The van der Waals surface area contributed by atoms with E-state index in [9.17, 15) is 24.9 Å². The van der Waals surface area contributed by atoms with E-state index in [2.05, 4.69) is 0 Å². The van der Waals surface area contributed by atoms with E-state index in [1.54, 1.807) is 12.2 Å². The van der Waals surface area contributed by atoms with Crippen molar-refractivity contribution in [3.8, 4) is 23.0 Å². The predicted molar refractivity (Wildman–Crippen MR) is 105 cm³/mol. The quantitative estimate of drug-likeness (QED) is 0.564. The molecule has 1 fully saturated rings. The second-order valence-corrected chi connectivity index (χ2v) is 7.97. The number of aromatic hydroxyl groups is 2. The highest BCUT2D eigenvalue weighted by Crippen LogP contribution is 2.61. The van der Waals surface area contributed by atoms with Crippen molar-refractivity contribution in [1.82, 2.24) is 0 Å². The molecular weight excluding hydrogens is 435 g/mol. The van der Waals surface area contributed by atoms with Crippen molar-refractivity contribution < 1.29 is 34.4 Å². The first-order valence-electron chi connectivity index (χ1n) is 8.82. The van der Waals surface area contributed by atoms with E-state index in [4.69, 9.17) is 32.7 Å². The van der Waals surface area contributed by atoms with Crippen molar-refractivity contribution in [3.05, 3.63) is 69.2 Å². The number of hydrogen-bond donors (Lipinski definition) is 3. The van der Waals surface area contributed by atoms with Gasteiger partial charge in [0.1, 0.15) is 23.0 Å². The lowest BCUT2D eigenvalue weighted by atomic mass is 9.70. The first kappa shape index (κ1) is 18.8. The Morgan fingerprint density at radius 1 is 1.00 bits per heavy atom. The summed E-state index contributed by atoms with van der Waals surface area (Å²) in [5.41, 5.74) is -0.600. The minimum absolute atomic E-state index is 0.00807. The molecule has 7 nitrogen and oxygen atoms in total. The van der Waals surface area contributed by atoms with Crippen molar-refractivity contribution in [1.29, 1.82) is 0 Å². The number of carbonyl (C=O) groups is 2. The SMILES string of the molecule is O=C(O)C1C=CC=C2C1C(=O)OC21c2cc(Cl)c(O)cc2Oc2cc(O)c(Cl)cc21. The molecule has 2 aliphatic heterocycles. The van der Waals surface area contributed by atoms with Crippen LogP contribution in [0.4, 0.5) is 0 Å². The number of carbonyl (C=O) groups excluding carboxylic acids is 1. The van der Waals surface area contributed by atoms with Crippen LogP contribution in [0, 0.1) is 11.8 Å². The van der Waals surface area contributed by atoms with Crippen molar-refractivity contribution in [2.75, 3.05) is 0 Å². The van der Waals surface area contributed by atoms with Gasteiger partial charge in [-0.3, -0.25) is 9.59 Å². The third-order valence-corrected chi connectivity index (χ3v) is 6.17. The summed E-state index contributed by atoms with van der Waals surface area (Å²) in [5.74, 6) is -4.33. The zero-order valence-electron chi connectivity index (χ0n) is 14.9. The number of carboxylic acid groups (broad SMARTS) is 1. The Labute approximate surface area is 179 Å². The maximum atomic E-state index is 13.0. The summed E-state index contributed by atoms with van der Waals surface area (Å²) in [6.07, 6.45) is 4.59. The van der Waals surface area contributed by atoms with Gasteiger partial charge in [0.2, 0.25) is 0 Å². The van der Waals surface area contributed by atoms with Crippen molar-refractivity contribution in [2.45, 2.75) is 5.60 Å². The van der Waals surface area contributed by atoms with E-state index in [1.165, 1.54) is 30.3 Å². The van der Waals surface area contributed by atoms with Crippen LogP contribution in [-0.4, -0.2) is 27.3 Å². The summed E-state index contributed by atoms with van der Waals surface area (Å²) in [5, 5.41) is 29.7.